The third-order valence-corrected chi connectivity index (χ3v) is 4.42. The first-order valence-electron chi connectivity index (χ1n) is 9.50. The van der Waals surface area contributed by atoms with Gasteiger partial charge in [-0.1, -0.05) is 17.3 Å². The Morgan fingerprint density at radius 2 is 1.75 bits per heavy atom. The van der Waals surface area contributed by atoms with E-state index in [2.05, 4.69) is 5.16 Å². The van der Waals surface area contributed by atoms with E-state index in [0.29, 0.717) is 11.5 Å². The van der Waals surface area contributed by atoms with Gasteiger partial charge in [-0.2, -0.15) is 0 Å². The molecule has 0 atom stereocenters. The fraction of sp³-hybridized carbons (Fsp3) is 0.182. The normalized spacial score (nSPS) is 10.3. The maximum atomic E-state index is 13.5. The van der Waals surface area contributed by atoms with Gasteiger partial charge in [-0.3, -0.25) is 20.4 Å². The lowest BCUT2D eigenvalue weighted by atomic mass is 10.2. The van der Waals surface area contributed by atoms with Crippen LogP contribution in [0.2, 0.25) is 0 Å². The summed E-state index contributed by atoms with van der Waals surface area (Å²) in [5.74, 6) is -1.90. The highest BCUT2D eigenvalue weighted by Gasteiger charge is 2.14. The van der Waals surface area contributed by atoms with Crippen LogP contribution in [0.4, 0.5) is 4.39 Å². The molecular weight excluding hydrogens is 421 g/mol. The van der Waals surface area contributed by atoms with Crippen molar-refractivity contribution < 1.29 is 32.8 Å². The Balaban J connectivity index is 1.43. The number of carbonyl (C=O) groups excluding carboxylic acids is 3. The van der Waals surface area contributed by atoms with Gasteiger partial charge in [0.1, 0.15) is 23.9 Å². The zero-order valence-electron chi connectivity index (χ0n) is 17.3. The molecule has 0 aliphatic carbocycles. The predicted octanol–water partition coefficient (Wildman–Crippen LogP) is 2.63. The molecule has 0 saturated heterocycles. The minimum absolute atomic E-state index is 0.206. The number of benzene rings is 2. The molecule has 3 aromatic rings. The van der Waals surface area contributed by atoms with E-state index in [1.807, 2.05) is 17.8 Å². The van der Waals surface area contributed by atoms with Gasteiger partial charge in [0.05, 0.1) is 22.4 Å². The van der Waals surface area contributed by atoms with E-state index in [-0.39, 0.29) is 17.7 Å². The zero-order valence-corrected chi connectivity index (χ0v) is 17.3. The summed E-state index contributed by atoms with van der Waals surface area (Å²) in [4.78, 5) is 35.7. The zero-order chi connectivity index (χ0) is 23.1. The summed E-state index contributed by atoms with van der Waals surface area (Å²) >= 11 is 0. The second-order valence-electron chi connectivity index (χ2n) is 6.67. The lowest BCUT2D eigenvalue weighted by Crippen LogP contribution is -2.43. The smallest absolute Gasteiger partial charge is 0.338 e. The van der Waals surface area contributed by atoms with E-state index >= 15 is 0 Å². The molecule has 1 heterocycles. The van der Waals surface area contributed by atoms with Gasteiger partial charge in [-0.25, -0.2) is 9.18 Å². The van der Waals surface area contributed by atoms with Crippen molar-refractivity contribution in [3.8, 4) is 5.75 Å². The molecule has 1 aromatic heterocycles. The minimum atomic E-state index is -0.838. The molecule has 0 aliphatic heterocycles. The maximum absolute atomic E-state index is 13.5. The van der Waals surface area contributed by atoms with Crippen molar-refractivity contribution in [1.29, 1.82) is 0 Å². The summed E-state index contributed by atoms with van der Waals surface area (Å²) in [5.41, 5.74) is 5.66. The number of hydrogen-bond acceptors (Lipinski definition) is 7. The van der Waals surface area contributed by atoms with Crippen LogP contribution in [0.15, 0.2) is 53.1 Å². The Morgan fingerprint density at radius 1 is 1.03 bits per heavy atom. The molecule has 0 spiro atoms. The maximum Gasteiger partial charge on any atom is 0.338 e. The minimum Gasteiger partial charge on any atom is -0.489 e. The molecule has 0 unspecified atom stereocenters. The summed E-state index contributed by atoms with van der Waals surface area (Å²) < 4.78 is 29.2. The highest BCUT2D eigenvalue weighted by atomic mass is 19.1. The summed E-state index contributed by atoms with van der Waals surface area (Å²) in [6.07, 6.45) is 0. The van der Waals surface area contributed by atoms with Crippen LogP contribution in [0.1, 0.15) is 37.7 Å². The van der Waals surface area contributed by atoms with Crippen LogP contribution in [-0.4, -0.2) is 29.5 Å². The van der Waals surface area contributed by atoms with Crippen molar-refractivity contribution in [2.75, 3.05) is 6.61 Å². The van der Waals surface area contributed by atoms with Gasteiger partial charge in [0.15, 0.2) is 6.61 Å². The van der Waals surface area contributed by atoms with Crippen LogP contribution >= 0.6 is 0 Å². The first kappa shape index (κ1) is 22.5. The van der Waals surface area contributed by atoms with Gasteiger partial charge in [0.2, 0.25) is 0 Å². The van der Waals surface area contributed by atoms with Crippen molar-refractivity contribution in [2.24, 2.45) is 0 Å². The molecule has 0 saturated carbocycles. The molecule has 0 aliphatic rings. The number of nitrogens with zero attached hydrogens (tertiary/aromatic N) is 1. The summed E-state index contributed by atoms with van der Waals surface area (Å²) in [6.45, 7) is 3.24. The van der Waals surface area contributed by atoms with Crippen LogP contribution in [0.3, 0.4) is 0 Å². The Labute approximate surface area is 182 Å². The quantitative estimate of drug-likeness (QED) is 0.427. The number of aryl methyl sites for hydroxylation is 2. The van der Waals surface area contributed by atoms with Crippen molar-refractivity contribution in [2.45, 2.75) is 20.5 Å². The van der Waals surface area contributed by atoms with E-state index in [1.54, 1.807) is 19.1 Å². The fourth-order valence-electron chi connectivity index (χ4n) is 2.64. The Kier molecular flexibility index (Phi) is 7.17. The third-order valence-electron chi connectivity index (χ3n) is 4.42. The van der Waals surface area contributed by atoms with Gasteiger partial charge in [0.25, 0.3) is 11.8 Å². The summed E-state index contributed by atoms with van der Waals surface area (Å²) in [6, 6.07) is 11.4. The van der Waals surface area contributed by atoms with Crippen LogP contribution in [0, 0.1) is 19.7 Å². The molecule has 9 nitrogen and oxygen atoms in total. The number of aromatic nitrogens is 1. The van der Waals surface area contributed by atoms with E-state index in [4.69, 9.17) is 14.0 Å². The predicted molar refractivity (Wildman–Crippen MR) is 109 cm³/mol. The average Bonchev–Trinajstić information content (AvgIpc) is 3.12. The first-order chi connectivity index (χ1) is 15.3. The largest absolute Gasteiger partial charge is 0.489 e. The molecular formula is C22H20FN3O6. The van der Waals surface area contributed by atoms with Gasteiger partial charge >= 0.3 is 5.97 Å². The van der Waals surface area contributed by atoms with Crippen LogP contribution in [0.5, 0.6) is 5.75 Å². The molecule has 0 radical (unpaired) electrons. The Hall–Kier alpha value is -4.21. The van der Waals surface area contributed by atoms with Crippen LogP contribution < -0.4 is 15.6 Å². The summed E-state index contributed by atoms with van der Waals surface area (Å²) in [7, 11) is 0. The van der Waals surface area contributed by atoms with Crippen molar-refractivity contribution in [1.82, 2.24) is 16.0 Å². The number of halogens is 1. The SMILES string of the molecule is Cc1noc(C)c1COc1ccc(C(=O)OCC(=O)NNC(=O)c2ccccc2F)cc1. The lowest BCUT2D eigenvalue weighted by Gasteiger charge is -2.09. The monoisotopic (exact) mass is 441 g/mol. The molecule has 10 heteroatoms. The highest BCUT2D eigenvalue weighted by Crippen LogP contribution is 2.18. The summed E-state index contributed by atoms with van der Waals surface area (Å²) in [5, 5.41) is 3.85. The topological polar surface area (TPSA) is 120 Å². The number of amides is 2. The van der Waals surface area contributed by atoms with E-state index < -0.39 is 30.2 Å². The molecule has 2 amide bonds. The molecule has 166 valence electrons. The van der Waals surface area contributed by atoms with Gasteiger partial charge in [-0.05, 0) is 50.2 Å². The third kappa shape index (κ3) is 5.69. The van der Waals surface area contributed by atoms with E-state index in [1.165, 1.54) is 30.3 Å². The van der Waals surface area contributed by atoms with Crippen molar-refractivity contribution in [3.05, 3.63) is 82.5 Å². The molecule has 2 N–H and O–H groups in total. The van der Waals surface area contributed by atoms with Gasteiger partial charge in [0, 0.05) is 0 Å². The number of esters is 1. The second kappa shape index (κ2) is 10.2. The molecule has 3 rings (SSSR count). The lowest BCUT2D eigenvalue weighted by molar-refractivity contribution is -0.125. The average molecular weight is 441 g/mol. The molecule has 2 aromatic carbocycles. The highest BCUT2D eigenvalue weighted by molar-refractivity contribution is 5.96. The number of nitrogens with one attached hydrogen (secondary N) is 2. The van der Waals surface area contributed by atoms with E-state index in [0.717, 1.165) is 17.3 Å². The molecule has 32 heavy (non-hydrogen) atoms. The molecule has 0 fully saturated rings. The first-order valence-corrected chi connectivity index (χ1v) is 9.50. The Morgan fingerprint density at radius 3 is 2.41 bits per heavy atom. The number of rotatable bonds is 7. The molecule has 0 bridgehead atoms. The van der Waals surface area contributed by atoms with Gasteiger partial charge in [-0.15, -0.1) is 0 Å². The van der Waals surface area contributed by atoms with Crippen molar-refractivity contribution in [3.63, 3.8) is 0 Å². The second-order valence-corrected chi connectivity index (χ2v) is 6.67. The Bertz CT molecular complexity index is 1110. The number of carbonyl (C=O) groups is 3. The van der Waals surface area contributed by atoms with E-state index in [9.17, 15) is 18.8 Å². The van der Waals surface area contributed by atoms with Crippen LogP contribution in [0.25, 0.3) is 0 Å². The van der Waals surface area contributed by atoms with Crippen molar-refractivity contribution >= 4 is 17.8 Å². The number of hydrogen-bond donors (Lipinski definition) is 2. The van der Waals surface area contributed by atoms with Gasteiger partial charge < -0.3 is 14.0 Å². The number of ether oxygens (including phenoxy) is 2. The standard InChI is InChI=1S/C22H20FN3O6/c1-13-18(14(2)32-26-13)11-30-16-9-7-15(8-10-16)22(29)31-12-20(27)24-25-21(28)17-5-3-4-6-19(17)23/h3-10H,11-12H2,1-2H3,(H,24,27)(H,25,28). The number of hydrazine groups is 1. The van der Waals surface area contributed by atoms with Crippen LogP contribution in [-0.2, 0) is 16.1 Å². The fourth-order valence-corrected chi connectivity index (χ4v) is 2.64.